The van der Waals surface area contributed by atoms with Crippen LogP contribution in [-0.2, 0) is 6.54 Å². The molecule has 2 N–H and O–H groups in total. The van der Waals surface area contributed by atoms with Gasteiger partial charge in [0.25, 0.3) is 0 Å². The number of carbonyl (C=O) groups is 1. The molecule has 6 nitrogen and oxygen atoms in total. The monoisotopic (exact) mass is 239 g/mol. The van der Waals surface area contributed by atoms with Crippen molar-refractivity contribution in [1.29, 1.82) is 0 Å². The largest absolute Gasteiger partial charge is 0.477 e. The minimum Gasteiger partial charge on any atom is -0.477 e. The zero-order chi connectivity index (χ0) is 11.5. The van der Waals surface area contributed by atoms with Crippen molar-refractivity contribution >= 4 is 17.3 Å². The van der Waals surface area contributed by atoms with Crippen molar-refractivity contribution in [2.24, 2.45) is 0 Å². The second kappa shape index (κ2) is 4.42. The van der Waals surface area contributed by atoms with Crippen molar-refractivity contribution in [3.05, 3.63) is 23.3 Å². The minimum atomic E-state index is -0.987. The molecule has 0 atom stereocenters. The molecule has 0 aromatic carbocycles. The number of thiazole rings is 1. The molecule has 0 aliphatic carbocycles. The van der Waals surface area contributed by atoms with Gasteiger partial charge in [0.05, 0.1) is 19.3 Å². The first-order valence-corrected chi connectivity index (χ1v) is 5.36. The minimum absolute atomic E-state index is 0.0133. The van der Waals surface area contributed by atoms with Crippen LogP contribution >= 0.6 is 11.3 Å². The lowest BCUT2D eigenvalue weighted by molar-refractivity contribution is 0.0702. The zero-order valence-electron chi connectivity index (χ0n) is 8.20. The fraction of sp³-hybridized carbons (Fsp3) is 0.222. The fourth-order valence-electron chi connectivity index (χ4n) is 1.19. The van der Waals surface area contributed by atoms with E-state index in [1.807, 2.05) is 0 Å². The van der Waals surface area contributed by atoms with E-state index in [4.69, 9.17) is 10.2 Å². The Morgan fingerprint density at radius 3 is 3.00 bits per heavy atom. The highest BCUT2D eigenvalue weighted by atomic mass is 32.1. The lowest BCUT2D eigenvalue weighted by Crippen LogP contribution is -2.02. The van der Waals surface area contributed by atoms with Crippen LogP contribution in [0.5, 0.6) is 0 Å². The summed E-state index contributed by atoms with van der Waals surface area (Å²) in [4.78, 5) is 14.8. The Balaban J connectivity index is 2.24. The van der Waals surface area contributed by atoms with Gasteiger partial charge in [-0.1, -0.05) is 0 Å². The van der Waals surface area contributed by atoms with Gasteiger partial charge in [-0.15, -0.1) is 11.3 Å². The quantitative estimate of drug-likeness (QED) is 0.819. The third-order valence-corrected chi connectivity index (χ3v) is 2.91. The number of nitrogens with zero attached hydrogens (tertiary/aromatic N) is 3. The van der Waals surface area contributed by atoms with E-state index in [0.717, 1.165) is 11.3 Å². The molecule has 84 valence electrons. The number of aromatic nitrogens is 3. The first-order chi connectivity index (χ1) is 7.70. The highest BCUT2D eigenvalue weighted by Crippen LogP contribution is 2.23. The molecule has 7 heteroatoms. The van der Waals surface area contributed by atoms with Crippen LogP contribution < -0.4 is 0 Å². The predicted octanol–water partition coefficient (Wildman–Crippen LogP) is 0.697. The molecule has 0 radical (unpaired) electrons. The zero-order valence-corrected chi connectivity index (χ0v) is 9.02. The van der Waals surface area contributed by atoms with Crippen molar-refractivity contribution < 1.29 is 15.0 Å². The molecule has 0 fully saturated rings. The third-order valence-electron chi connectivity index (χ3n) is 1.91. The van der Waals surface area contributed by atoms with Crippen molar-refractivity contribution in [3.8, 4) is 10.7 Å². The van der Waals surface area contributed by atoms with Crippen LogP contribution in [0.2, 0.25) is 0 Å². The molecule has 0 saturated heterocycles. The second-order valence-corrected chi connectivity index (χ2v) is 4.05. The van der Waals surface area contributed by atoms with Crippen LogP contribution in [0.4, 0.5) is 0 Å². The van der Waals surface area contributed by atoms with Gasteiger partial charge in [-0.25, -0.2) is 9.78 Å². The molecule has 0 bridgehead atoms. The van der Waals surface area contributed by atoms with E-state index in [2.05, 4.69) is 10.1 Å². The van der Waals surface area contributed by atoms with Crippen LogP contribution in [-0.4, -0.2) is 37.6 Å². The van der Waals surface area contributed by atoms with Crippen molar-refractivity contribution in [3.63, 3.8) is 0 Å². The summed E-state index contributed by atoms with van der Waals surface area (Å²) in [6, 6.07) is 1.74. The maximum atomic E-state index is 10.7. The number of hydrogen-bond donors (Lipinski definition) is 2. The average molecular weight is 239 g/mol. The van der Waals surface area contributed by atoms with Crippen LogP contribution in [0, 0.1) is 0 Å². The first kappa shape index (κ1) is 10.8. The molecule has 2 aromatic heterocycles. The van der Waals surface area contributed by atoms with E-state index in [-0.39, 0.29) is 11.5 Å². The summed E-state index contributed by atoms with van der Waals surface area (Å²) >= 11 is 1.08. The number of aromatic carboxylic acids is 1. The smallest absolute Gasteiger partial charge is 0.347 e. The van der Waals surface area contributed by atoms with Gasteiger partial charge in [0.2, 0.25) is 0 Å². The Morgan fingerprint density at radius 1 is 1.56 bits per heavy atom. The lowest BCUT2D eigenvalue weighted by atomic mass is 10.5. The van der Waals surface area contributed by atoms with Gasteiger partial charge < -0.3 is 10.2 Å². The first-order valence-electron chi connectivity index (χ1n) is 4.54. The van der Waals surface area contributed by atoms with Crippen molar-refractivity contribution in [1.82, 2.24) is 14.8 Å². The molecular weight excluding hydrogens is 230 g/mol. The molecular formula is C9H9N3O3S. The molecule has 0 amide bonds. The molecule has 0 unspecified atom stereocenters. The maximum Gasteiger partial charge on any atom is 0.347 e. The van der Waals surface area contributed by atoms with Gasteiger partial charge in [0.1, 0.15) is 15.6 Å². The standard InChI is InChI=1S/C9H9N3O3S/c13-4-3-12-2-1-6(11-12)8-10-5-7(16-8)9(14)15/h1-2,5,13H,3-4H2,(H,14,15). The Hall–Kier alpha value is -1.73. The summed E-state index contributed by atoms with van der Waals surface area (Å²) in [5, 5.41) is 22.2. The Bertz CT molecular complexity index is 506. The number of carboxylic acids is 1. The van der Waals surface area contributed by atoms with Gasteiger partial charge in [-0.05, 0) is 6.07 Å². The van der Waals surface area contributed by atoms with E-state index in [1.54, 1.807) is 16.9 Å². The maximum absolute atomic E-state index is 10.7. The van der Waals surface area contributed by atoms with E-state index >= 15 is 0 Å². The molecule has 0 saturated carbocycles. The summed E-state index contributed by atoms with van der Waals surface area (Å²) in [5.41, 5.74) is 0.617. The molecule has 16 heavy (non-hydrogen) atoms. The highest BCUT2D eigenvalue weighted by Gasteiger charge is 2.11. The molecule has 0 aliphatic heterocycles. The number of aliphatic hydroxyl groups excluding tert-OH is 1. The van der Waals surface area contributed by atoms with Gasteiger partial charge in [-0.3, -0.25) is 4.68 Å². The SMILES string of the molecule is O=C(O)c1cnc(-c2ccn(CCO)n2)s1. The lowest BCUT2D eigenvalue weighted by Gasteiger charge is -1.94. The summed E-state index contributed by atoms with van der Waals surface area (Å²) in [7, 11) is 0. The molecule has 0 spiro atoms. The van der Waals surface area contributed by atoms with E-state index in [9.17, 15) is 4.79 Å². The second-order valence-electron chi connectivity index (χ2n) is 3.02. The van der Waals surface area contributed by atoms with Gasteiger partial charge in [0, 0.05) is 6.20 Å². The Labute approximate surface area is 94.8 Å². The van der Waals surface area contributed by atoms with E-state index in [0.29, 0.717) is 17.2 Å². The van der Waals surface area contributed by atoms with Crippen molar-refractivity contribution in [2.75, 3.05) is 6.61 Å². The normalized spacial score (nSPS) is 10.6. The van der Waals surface area contributed by atoms with E-state index < -0.39 is 5.97 Å². The highest BCUT2D eigenvalue weighted by molar-refractivity contribution is 7.16. The molecule has 0 aliphatic rings. The number of aliphatic hydroxyl groups is 1. The third kappa shape index (κ3) is 2.10. The molecule has 2 aromatic rings. The summed E-state index contributed by atoms with van der Waals surface area (Å²) < 4.78 is 1.58. The summed E-state index contributed by atoms with van der Waals surface area (Å²) in [6.07, 6.45) is 3.03. The predicted molar refractivity (Wildman–Crippen MR) is 57.4 cm³/mol. The fourth-order valence-corrected chi connectivity index (χ4v) is 1.91. The summed E-state index contributed by atoms with van der Waals surface area (Å²) in [5.74, 6) is -0.987. The number of hydrogen-bond acceptors (Lipinski definition) is 5. The van der Waals surface area contributed by atoms with E-state index in [1.165, 1.54) is 6.20 Å². The Kier molecular flexibility index (Phi) is 2.97. The average Bonchev–Trinajstić information content (AvgIpc) is 2.84. The number of carboxylic acid groups (broad SMARTS) is 1. The van der Waals surface area contributed by atoms with Crippen molar-refractivity contribution in [2.45, 2.75) is 6.54 Å². The van der Waals surface area contributed by atoms with Crippen LogP contribution in [0.1, 0.15) is 9.67 Å². The van der Waals surface area contributed by atoms with Crippen LogP contribution in [0.15, 0.2) is 18.5 Å². The van der Waals surface area contributed by atoms with Gasteiger partial charge in [0.15, 0.2) is 0 Å². The Morgan fingerprint density at radius 2 is 2.38 bits per heavy atom. The topological polar surface area (TPSA) is 88.2 Å². The van der Waals surface area contributed by atoms with Gasteiger partial charge in [-0.2, -0.15) is 5.10 Å². The van der Waals surface area contributed by atoms with Gasteiger partial charge >= 0.3 is 5.97 Å². The number of rotatable bonds is 4. The van der Waals surface area contributed by atoms with Crippen LogP contribution in [0.25, 0.3) is 10.7 Å². The van der Waals surface area contributed by atoms with Crippen LogP contribution in [0.3, 0.4) is 0 Å². The summed E-state index contributed by atoms with van der Waals surface area (Å²) in [6.45, 7) is 0.427. The molecule has 2 heterocycles. The molecule has 2 rings (SSSR count).